The number of anilines is 1. The monoisotopic (exact) mass is 679 g/mol. The number of alkyl halides is 2. The average molecular weight is 679 g/mol. The molecule has 0 saturated carbocycles. The third-order valence-electron chi connectivity index (χ3n) is 7.21. The van der Waals surface area contributed by atoms with Gasteiger partial charge >= 0.3 is 15.6 Å². The first-order valence-electron chi connectivity index (χ1n) is 12.8. The second-order valence-corrected chi connectivity index (χ2v) is 12.8. The summed E-state index contributed by atoms with van der Waals surface area (Å²) >= 11 is 0. The fourth-order valence-corrected chi connectivity index (χ4v) is 7.11. The Hall–Kier alpha value is -3.50. The summed E-state index contributed by atoms with van der Waals surface area (Å²) in [5.41, 5.74) is 3.50. The van der Waals surface area contributed by atoms with Crippen LogP contribution in [0.5, 0.6) is 0 Å². The van der Waals surface area contributed by atoms with Crippen molar-refractivity contribution in [3.05, 3.63) is 39.7 Å². The van der Waals surface area contributed by atoms with E-state index in [1.165, 1.54) is 0 Å². The Morgan fingerprint density at radius 1 is 0.844 bits per heavy atom. The van der Waals surface area contributed by atoms with E-state index in [1.54, 1.807) is 0 Å². The first kappa shape index (κ1) is 30.2. The maximum absolute atomic E-state index is 15.8. The molecule has 0 spiro atoms. The van der Waals surface area contributed by atoms with Crippen molar-refractivity contribution in [2.75, 3.05) is 18.9 Å². The molecule has 3 saturated heterocycles. The number of aromatic amines is 2. The first-order chi connectivity index (χ1) is 21.3. The Kier molecular flexibility index (Phi) is 7.24. The zero-order chi connectivity index (χ0) is 31.8. The lowest BCUT2D eigenvalue weighted by molar-refractivity contribution is -0.0669. The summed E-state index contributed by atoms with van der Waals surface area (Å²) in [5, 5.41) is 0. The number of H-pyrrole nitrogens is 2. The number of rotatable bonds is 2. The van der Waals surface area contributed by atoms with Gasteiger partial charge < -0.3 is 30.0 Å². The Morgan fingerprint density at radius 2 is 1.44 bits per heavy atom. The molecular formula is C20H21F2N9O12P2. The van der Waals surface area contributed by atoms with Crippen LogP contribution in [0.25, 0.3) is 22.3 Å². The molecule has 3 aliphatic heterocycles. The predicted octanol–water partition coefficient (Wildman–Crippen LogP) is -0.676. The largest absolute Gasteiger partial charge is 0.472 e. The van der Waals surface area contributed by atoms with E-state index in [9.17, 15) is 28.5 Å². The smallest absolute Gasteiger partial charge is 0.369 e. The second kappa shape index (κ2) is 10.8. The minimum atomic E-state index is -5.26. The molecular weight excluding hydrogens is 658 g/mol. The maximum atomic E-state index is 15.8. The van der Waals surface area contributed by atoms with Crippen LogP contribution in [0.3, 0.4) is 0 Å². The summed E-state index contributed by atoms with van der Waals surface area (Å²) < 4.78 is 90.9. The number of hydrogen-bond acceptors (Lipinski definition) is 15. The van der Waals surface area contributed by atoms with Crippen LogP contribution in [0.2, 0.25) is 0 Å². The molecule has 0 aromatic carbocycles. The molecule has 4 aromatic heterocycles. The summed E-state index contributed by atoms with van der Waals surface area (Å²) in [7, 11) is -10.5. The fraction of sp³-hybridized carbons (Fsp3) is 0.500. The van der Waals surface area contributed by atoms with Crippen LogP contribution in [0.4, 0.5) is 14.7 Å². The van der Waals surface area contributed by atoms with Crippen molar-refractivity contribution in [3.8, 4) is 0 Å². The lowest BCUT2D eigenvalue weighted by Gasteiger charge is -2.25. The van der Waals surface area contributed by atoms with Gasteiger partial charge in [-0.2, -0.15) is 4.98 Å². The van der Waals surface area contributed by atoms with E-state index in [0.717, 1.165) is 28.1 Å². The minimum Gasteiger partial charge on any atom is -0.369 e. The zero-order valence-corrected chi connectivity index (χ0v) is 23.9. The van der Waals surface area contributed by atoms with Crippen molar-refractivity contribution in [2.24, 2.45) is 0 Å². The van der Waals surface area contributed by atoms with E-state index in [2.05, 4.69) is 29.9 Å². The molecule has 10 atom stereocenters. The highest BCUT2D eigenvalue weighted by atomic mass is 31.2. The van der Waals surface area contributed by atoms with E-state index in [-0.39, 0.29) is 28.3 Å². The van der Waals surface area contributed by atoms with Crippen molar-refractivity contribution in [1.29, 1.82) is 0 Å². The minimum absolute atomic E-state index is 0.111. The number of phosphoric ester groups is 2. The predicted molar refractivity (Wildman–Crippen MR) is 140 cm³/mol. The van der Waals surface area contributed by atoms with Crippen molar-refractivity contribution >= 4 is 43.9 Å². The van der Waals surface area contributed by atoms with Crippen molar-refractivity contribution in [2.45, 2.75) is 49.2 Å². The number of nitrogens with zero attached hydrogens (tertiary/aromatic N) is 6. The number of nitrogens with one attached hydrogen (secondary N) is 2. The van der Waals surface area contributed by atoms with Crippen LogP contribution < -0.4 is 16.9 Å². The highest BCUT2D eigenvalue weighted by Crippen LogP contribution is 2.54. The topological polar surface area (TPSA) is 283 Å². The number of ether oxygens (including phenoxy) is 2. The van der Waals surface area contributed by atoms with Crippen LogP contribution in [0.1, 0.15) is 12.5 Å². The summed E-state index contributed by atoms with van der Waals surface area (Å²) in [4.78, 5) is 65.5. The number of phosphoric acid groups is 2. The molecule has 25 heteroatoms. The number of hydrogen-bond donors (Lipinski definition) is 5. The number of nitrogens with two attached hydrogens (primary N) is 1. The first-order valence-corrected chi connectivity index (χ1v) is 15.8. The van der Waals surface area contributed by atoms with Crippen LogP contribution in [-0.2, 0) is 36.7 Å². The number of nitrogen functional groups attached to an aromatic ring is 1. The van der Waals surface area contributed by atoms with E-state index in [0.29, 0.717) is 0 Å². The van der Waals surface area contributed by atoms with Gasteiger partial charge in [0, 0.05) is 0 Å². The molecule has 242 valence electrons. The standard InChI is InChI=1S/C20H21F2N9O12P2/c21-8-6-1-38-44(34,35)42-12-7(41-18(9(12)22)30-4-26-10-14(30)24-3-25-16(10)32)2-39-45(36,37)43-13(8)19(40-6)31-5-27-11-15(31)28-20(23)29-17(11)33/h3-9,12-13,18-19H,1-2H2,(H,34,35)(H,36,37)(H,24,25,32)(H3,23,28,29,33)/t6-,7-,8-,9+,12-,13-,18-,19-/m1/s1. The summed E-state index contributed by atoms with van der Waals surface area (Å²) in [5.74, 6) is -0.333. The molecule has 2 unspecified atom stereocenters. The molecule has 3 fully saturated rings. The molecule has 0 amide bonds. The van der Waals surface area contributed by atoms with Gasteiger partial charge in [-0.3, -0.25) is 41.8 Å². The van der Waals surface area contributed by atoms with Crippen molar-refractivity contribution in [3.63, 3.8) is 0 Å². The molecule has 6 N–H and O–H groups in total. The molecule has 3 aliphatic rings. The third-order valence-corrected chi connectivity index (χ3v) is 9.18. The zero-order valence-electron chi connectivity index (χ0n) is 22.2. The second-order valence-electron chi connectivity index (χ2n) is 10.0. The Labute approximate surface area is 246 Å². The third kappa shape index (κ3) is 5.29. The summed E-state index contributed by atoms with van der Waals surface area (Å²) in [6.45, 7) is -1.99. The van der Waals surface area contributed by atoms with Gasteiger partial charge in [0.1, 0.15) is 24.4 Å². The Balaban J connectivity index is 1.21. The Bertz CT molecular complexity index is 2000. The highest BCUT2D eigenvalue weighted by Gasteiger charge is 2.55. The number of fused-ring (bicyclic) bond motifs is 5. The van der Waals surface area contributed by atoms with Crippen LogP contribution in [0, 0.1) is 0 Å². The molecule has 4 aromatic rings. The SMILES string of the molecule is Nc1nc2c(ncn2[C@@H]2O[C@@H]3COP(=O)(O)O[C@H]4[C@H](F)[C@H](n5cnc6c(=O)[nH]cnc65)O[C@@H]4COP(=O)(O)O[C@@H]2[C@@H]3F)c(=O)[nH]1. The molecule has 45 heavy (non-hydrogen) atoms. The van der Waals surface area contributed by atoms with Crippen LogP contribution in [0.15, 0.2) is 28.6 Å². The summed E-state index contributed by atoms with van der Waals surface area (Å²) in [6, 6.07) is 0. The van der Waals surface area contributed by atoms with Gasteiger partial charge in [0.05, 0.1) is 32.2 Å². The van der Waals surface area contributed by atoms with Crippen LogP contribution in [-0.4, -0.2) is 98.8 Å². The lowest BCUT2D eigenvalue weighted by Crippen LogP contribution is -2.34. The molecule has 7 heterocycles. The molecule has 21 nitrogen and oxygen atoms in total. The van der Waals surface area contributed by atoms with Gasteiger partial charge in [0.15, 0.2) is 47.1 Å². The van der Waals surface area contributed by atoms with Crippen molar-refractivity contribution in [1.82, 2.24) is 39.0 Å². The average Bonchev–Trinajstić information content (AvgIpc) is 3.72. The highest BCUT2D eigenvalue weighted by molar-refractivity contribution is 7.47. The number of imidazole rings is 2. The van der Waals surface area contributed by atoms with E-state index in [4.69, 9.17) is 33.3 Å². The molecule has 0 aliphatic carbocycles. The van der Waals surface area contributed by atoms with Crippen molar-refractivity contribution < 1.29 is 55.3 Å². The van der Waals surface area contributed by atoms with E-state index in [1.807, 2.05) is 0 Å². The normalized spacial score (nSPS) is 37.7. The molecule has 7 rings (SSSR count). The number of halogens is 2. The maximum Gasteiger partial charge on any atom is 0.472 e. The van der Waals surface area contributed by atoms with Crippen LogP contribution >= 0.6 is 15.6 Å². The lowest BCUT2D eigenvalue weighted by atomic mass is 10.1. The number of aromatic nitrogens is 8. The molecule has 0 radical (unpaired) electrons. The van der Waals surface area contributed by atoms with Gasteiger partial charge in [0.25, 0.3) is 11.1 Å². The Morgan fingerprint density at radius 3 is 2.16 bits per heavy atom. The van der Waals surface area contributed by atoms with Gasteiger partial charge in [-0.05, 0) is 0 Å². The summed E-state index contributed by atoms with van der Waals surface area (Å²) in [6.07, 6.45) is -12.2. The van der Waals surface area contributed by atoms with Gasteiger partial charge in [-0.15, -0.1) is 0 Å². The van der Waals surface area contributed by atoms with Gasteiger partial charge in [-0.25, -0.2) is 32.9 Å². The molecule has 2 bridgehead atoms. The van der Waals surface area contributed by atoms with E-state index >= 15 is 8.78 Å². The van der Waals surface area contributed by atoms with E-state index < -0.39 is 89.2 Å². The van der Waals surface area contributed by atoms with Gasteiger partial charge in [0.2, 0.25) is 5.95 Å². The quantitative estimate of drug-likeness (QED) is 0.164. The fourth-order valence-electron chi connectivity index (χ4n) is 5.23. The van der Waals surface area contributed by atoms with Gasteiger partial charge in [-0.1, -0.05) is 0 Å².